The smallest absolute Gasteiger partial charge is 0.335 e. The van der Waals surface area contributed by atoms with Crippen molar-refractivity contribution < 1.29 is 15.0 Å². The van der Waals surface area contributed by atoms with Crippen molar-refractivity contribution in [3.63, 3.8) is 0 Å². The van der Waals surface area contributed by atoms with Gasteiger partial charge in [0.25, 0.3) is 0 Å². The molecule has 0 saturated carbocycles. The Balaban J connectivity index is 2.25. The molecule has 0 aliphatic rings. The number of fused-ring (bicyclic) bond motifs is 1. The average molecular weight is 267 g/mol. The van der Waals surface area contributed by atoms with Gasteiger partial charge < -0.3 is 15.2 Å². The van der Waals surface area contributed by atoms with Crippen LogP contribution in [-0.4, -0.2) is 21.2 Å². The van der Waals surface area contributed by atoms with E-state index >= 15 is 0 Å². The third-order valence-corrected chi connectivity index (χ3v) is 3.31. The predicted octanol–water partition coefficient (Wildman–Crippen LogP) is 3.55. The maximum atomic E-state index is 11.1. The Morgan fingerprint density at radius 2 is 1.95 bits per heavy atom. The van der Waals surface area contributed by atoms with Gasteiger partial charge in [0.2, 0.25) is 0 Å². The summed E-state index contributed by atoms with van der Waals surface area (Å²) in [5.74, 6) is -1.11. The number of aromatic hydroxyl groups is 1. The van der Waals surface area contributed by atoms with Gasteiger partial charge in [-0.05, 0) is 42.8 Å². The Morgan fingerprint density at radius 1 is 1.15 bits per heavy atom. The van der Waals surface area contributed by atoms with Gasteiger partial charge in [-0.25, -0.2) is 4.79 Å². The van der Waals surface area contributed by atoms with Crippen LogP contribution in [0.2, 0.25) is 0 Å². The third kappa shape index (κ3) is 2.01. The summed E-state index contributed by atoms with van der Waals surface area (Å²) < 4.78 is 0. The molecule has 0 amide bonds. The number of hydrogen-bond donors (Lipinski definition) is 3. The van der Waals surface area contributed by atoms with E-state index in [0.29, 0.717) is 5.56 Å². The van der Waals surface area contributed by atoms with Crippen LogP contribution >= 0.6 is 0 Å². The number of H-pyrrole nitrogens is 1. The fourth-order valence-corrected chi connectivity index (χ4v) is 2.36. The van der Waals surface area contributed by atoms with E-state index in [-0.39, 0.29) is 11.3 Å². The number of aromatic amines is 1. The molecule has 0 bridgehead atoms. The van der Waals surface area contributed by atoms with Crippen LogP contribution in [0.4, 0.5) is 0 Å². The first-order valence-corrected chi connectivity index (χ1v) is 6.20. The van der Waals surface area contributed by atoms with Crippen molar-refractivity contribution >= 4 is 16.9 Å². The van der Waals surface area contributed by atoms with E-state index in [2.05, 4.69) is 4.98 Å². The van der Waals surface area contributed by atoms with Gasteiger partial charge >= 0.3 is 5.97 Å². The molecule has 3 N–H and O–H groups in total. The highest BCUT2D eigenvalue weighted by atomic mass is 16.4. The Labute approximate surface area is 115 Å². The summed E-state index contributed by atoms with van der Waals surface area (Å²) >= 11 is 0. The van der Waals surface area contributed by atoms with E-state index < -0.39 is 5.97 Å². The number of carboxylic acids is 1. The maximum Gasteiger partial charge on any atom is 0.335 e. The Kier molecular flexibility index (Phi) is 2.71. The van der Waals surface area contributed by atoms with Gasteiger partial charge in [-0.3, -0.25) is 0 Å². The standard InChI is InChI=1S/C16H13NO3/c1-9-2-3-15-13(4-9)14(8-17-15)10-5-11(16(19)20)7-12(18)6-10/h2-8,17-18H,1H3,(H,19,20). The number of nitrogens with one attached hydrogen (secondary N) is 1. The van der Waals surface area contributed by atoms with E-state index in [4.69, 9.17) is 5.11 Å². The third-order valence-electron chi connectivity index (χ3n) is 3.31. The van der Waals surface area contributed by atoms with Gasteiger partial charge in [0, 0.05) is 22.7 Å². The fraction of sp³-hybridized carbons (Fsp3) is 0.0625. The molecule has 0 atom stereocenters. The minimum absolute atomic E-state index is 0.0538. The monoisotopic (exact) mass is 267 g/mol. The van der Waals surface area contributed by atoms with Crippen molar-refractivity contribution in [2.75, 3.05) is 0 Å². The second kappa shape index (κ2) is 4.42. The summed E-state index contributed by atoms with van der Waals surface area (Å²) in [5, 5.41) is 19.8. The fourth-order valence-electron chi connectivity index (χ4n) is 2.36. The van der Waals surface area contributed by atoms with Crippen molar-refractivity contribution in [3.8, 4) is 16.9 Å². The zero-order valence-corrected chi connectivity index (χ0v) is 10.8. The van der Waals surface area contributed by atoms with Crippen LogP contribution < -0.4 is 0 Å². The van der Waals surface area contributed by atoms with Gasteiger partial charge in [-0.1, -0.05) is 11.6 Å². The molecular formula is C16H13NO3. The number of hydrogen-bond acceptors (Lipinski definition) is 2. The number of phenolic OH excluding ortho intramolecular Hbond substituents is 1. The van der Waals surface area contributed by atoms with Crippen LogP contribution in [0.25, 0.3) is 22.0 Å². The van der Waals surface area contributed by atoms with Crippen LogP contribution in [0, 0.1) is 6.92 Å². The van der Waals surface area contributed by atoms with Crippen molar-refractivity contribution in [2.24, 2.45) is 0 Å². The number of aromatic carboxylic acids is 1. The van der Waals surface area contributed by atoms with E-state index in [1.54, 1.807) is 12.1 Å². The molecule has 100 valence electrons. The van der Waals surface area contributed by atoms with Gasteiger partial charge in [0.15, 0.2) is 0 Å². The van der Waals surface area contributed by atoms with Crippen LogP contribution in [0.5, 0.6) is 5.75 Å². The Bertz CT molecular complexity index is 818. The summed E-state index contributed by atoms with van der Waals surface area (Å²) in [7, 11) is 0. The molecular weight excluding hydrogens is 254 g/mol. The second-order valence-electron chi connectivity index (χ2n) is 4.83. The first kappa shape index (κ1) is 12.3. The first-order chi connectivity index (χ1) is 9.54. The van der Waals surface area contributed by atoms with Gasteiger partial charge in [-0.2, -0.15) is 0 Å². The molecule has 1 heterocycles. The lowest BCUT2D eigenvalue weighted by molar-refractivity contribution is 0.0696. The molecule has 3 aromatic rings. The zero-order chi connectivity index (χ0) is 14.3. The molecule has 0 aliphatic carbocycles. The van der Waals surface area contributed by atoms with E-state index in [1.807, 2.05) is 31.3 Å². The van der Waals surface area contributed by atoms with Gasteiger partial charge in [0.05, 0.1) is 5.56 Å². The average Bonchev–Trinajstić information content (AvgIpc) is 2.80. The quantitative estimate of drug-likeness (QED) is 0.664. The zero-order valence-electron chi connectivity index (χ0n) is 10.8. The van der Waals surface area contributed by atoms with Crippen molar-refractivity contribution in [2.45, 2.75) is 6.92 Å². The largest absolute Gasteiger partial charge is 0.508 e. The number of benzene rings is 2. The molecule has 4 heteroatoms. The van der Waals surface area contributed by atoms with Crippen molar-refractivity contribution in [1.82, 2.24) is 4.98 Å². The van der Waals surface area contributed by atoms with Crippen molar-refractivity contribution in [3.05, 3.63) is 53.7 Å². The lowest BCUT2D eigenvalue weighted by Crippen LogP contribution is -1.96. The lowest BCUT2D eigenvalue weighted by atomic mass is 10.0. The van der Waals surface area contributed by atoms with E-state index in [0.717, 1.165) is 22.0 Å². The highest BCUT2D eigenvalue weighted by Gasteiger charge is 2.11. The summed E-state index contributed by atoms with van der Waals surface area (Å²) in [4.78, 5) is 14.2. The topological polar surface area (TPSA) is 73.3 Å². The summed E-state index contributed by atoms with van der Waals surface area (Å²) in [5.41, 5.74) is 3.73. The molecule has 2 aromatic carbocycles. The number of rotatable bonds is 2. The minimum Gasteiger partial charge on any atom is -0.508 e. The molecule has 0 aliphatic heterocycles. The van der Waals surface area contributed by atoms with Crippen molar-refractivity contribution in [1.29, 1.82) is 0 Å². The number of aromatic nitrogens is 1. The summed E-state index contributed by atoms with van der Waals surface area (Å²) in [6, 6.07) is 10.4. The molecule has 0 radical (unpaired) electrons. The van der Waals surface area contributed by atoms with E-state index in [9.17, 15) is 9.90 Å². The van der Waals surface area contributed by atoms with Crippen LogP contribution in [0.1, 0.15) is 15.9 Å². The second-order valence-corrected chi connectivity index (χ2v) is 4.83. The molecule has 4 nitrogen and oxygen atoms in total. The summed E-state index contributed by atoms with van der Waals surface area (Å²) in [6.07, 6.45) is 1.82. The normalized spacial score (nSPS) is 10.8. The van der Waals surface area contributed by atoms with Crippen LogP contribution in [-0.2, 0) is 0 Å². The molecule has 0 fully saturated rings. The number of phenols is 1. The predicted molar refractivity (Wildman–Crippen MR) is 77.1 cm³/mol. The van der Waals surface area contributed by atoms with Gasteiger partial charge in [-0.15, -0.1) is 0 Å². The van der Waals surface area contributed by atoms with E-state index in [1.165, 1.54) is 6.07 Å². The van der Waals surface area contributed by atoms with Gasteiger partial charge in [0.1, 0.15) is 5.75 Å². The molecule has 3 rings (SSSR count). The molecule has 0 saturated heterocycles. The highest BCUT2D eigenvalue weighted by molar-refractivity contribution is 5.98. The minimum atomic E-state index is -1.06. The number of carboxylic acid groups (broad SMARTS) is 1. The molecule has 20 heavy (non-hydrogen) atoms. The number of aryl methyl sites for hydroxylation is 1. The maximum absolute atomic E-state index is 11.1. The molecule has 1 aromatic heterocycles. The Morgan fingerprint density at radius 3 is 2.70 bits per heavy atom. The lowest BCUT2D eigenvalue weighted by Gasteiger charge is -2.04. The SMILES string of the molecule is Cc1ccc2[nH]cc(-c3cc(O)cc(C(=O)O)c3)c2c1. The first-order valence-electron chi connectivity index (χ1n) is 6.20. The van der Waals surface area contributed by atoms with Crippen LogP contribution in [0.3, 0.4) is 0 Å². The number of carbonyl (C=O) groups is 1. The summed E-state index contributed by atoms with van der Waals surface area (Å²) in [6.45, 7) is 2.00. The highest BCUT2D eigenvalue weighted by Crippen LogP contribution is 2.32. The molecule has 0 unspecified atom stereocenters. The van der Waals surface area contributed by atoms with Crippen LogP contribution in [0.15, 0.2) is 42.6 Å². The molecule has 0 spiro atoms. The Hall–Kier alpha value is -2.75.